The van der Waals surface area contributed by atoms with E-state index in [1.165, 1.54) is 29.2 Å². The molecule has 32 heavy (non-hydrogen) atoms. The maximum atomic E-state index is 13.4. The largest absolute Gasteiger partial charge is 0.322 e. The van der Waals surface area contributed by atoms with Crippen LogP contribution in [-0.4, -0.2) is 28.7 Å². The number of halogens is 3. The van der Waals surface area contributed by atoms with Crippen LogP contribution in [0.15, 0.2) is 72.8 Å². The number of anilines is 1. The topological polar surface area (TPSA) is 57.7 Å². The minimum absolute atomic E-state index is 0.0309. The zero-order valence-electron chi connectivity index (χ0n) is 16.7. The number of amides is 3. The predicted molar refractivity (Wildman–Crippen MR) is 115 cm³/mol. The van der Waals surface area contributed by atoms with E-state index in [1.807, 2.05) is 0 Å². The van der Waals surface area contributed by atoms with Gasteiger partial charge < -0.3 is 4.90 Å². The molecule has 1 unspecified atom stereocenters. The number of carbonyl (C=O) groups excluding carboxylic acids is 3. The molecule has 1 saturated heterocycles. The van der Waals surface area contributed by atoms with Crippen molar-refractivity contribution in [3.8, 4) is 0 Å². The maximum Gasteiger partial charge on any atom is 0.257 e. The second kappa shape index (κ2) is 8.88. The Balaban J connectivity index is 1.70. The Bertz CT molecular complexity index is 1180. The zero-order valence-corrected chi connectivity index (χ0v) is 17.4. The Morgan fingerprint density at radius 2 is 1.53 bits per heavy atom. The quantitative estimate of drug-likeness (QED) is 0.530. The highest BCUT2D eigenvalue weighted by Gasteiger charge is 2.44. The van der Waals surface area contributed by atoms with Gasteiger partial charge in [0.2, 0.25) is 5.91 Å². The first-order chi connectivity index (χ1) is 15.3. The summed E-state index contributed by atoms with van der Waals surface area (Å²) in [7, 11) is 0. The highest BCUT2D eigenvalue weighted by Crippen LogP contribution is 2.29. The van der Waals surface area contributed by atoms with E-state index in [4.69, 9.17) is 11.6 Å². The van der Waals surface area contributed by atoms with Gasteiger partial charge in [0, 0.05) is 17.1 Å². The van der Waals surface area contributed by atoms with Crippen LogP contribution >= 0.6 is 11.6 Å². The molecule has 1 aliphatic heterocycles. The molecule has 1 atom stereocenters. The molecule has 0 saturated carbocycles. The van der Waals surface area contributed by atoms with Gasteiger partial charge in [-0.3, -0.25) is 14.4 Å². The summed E-state index contributed by atoms with van der Waals surface area (Å²) in [5.41, 5.74) is 0.972. The van der Waals surface area contributed by atoms with Crippen LogP contribution < -0.4 is 4.90 Å². The van der Waals surface area contributed by atoms with Crippen molar-refractivity contribution in [2.75, 3.05) is 4.90 Å². The summed E-state index contributed by atoms with van der Waals surface area (Å²) >= 11 is 6.27. The van der Waals surface area contributed by atoms with Crippen LogP contribution in [0, 0.1) is 11.6 Å². The highest BCUT2D eigenvalue weighted by molar-refractivity contribution is 6.31. The monoisotopic (exact) mass is 454 g/mol. The summed E-state index contributed by atoms with van der Waals surface area (Å²) in [6, 6.07) is 15.6. The molecular formula is C24H17ClF2N2O3. The number of nitrogens with zero attached hydrogens (tertiary/aromatic N) is 2. The van der Waals surface area contributed by atoms with Crippen molar-refractivity contribution in [2.45, 2.75) is 19.0 Å². The summed E-state index contributed by atoms with van der Waals surface area (Å²) in [6.07, 6.45) is -0.242. The summed E-state index contributed by atoms with van der Waals surface area (Å²) < 4.78 is 26.7. The van der Waals surface area contributed by atoms with E-state index in [9.17, 15) is 23.2 Å². The fourth-order valence-electron chi connectivity index (χ4n) is 3.61. The van der Waals surface area contributed by atoms with Crippen LogP contribution in [0.1, 0.15) is 22.3 Å². The molecule has 4 rings (SSSR count). The van der Waals surface area contributed by atoms with Crippen molar-refractivity contribution in [2.24, 2.45) is 0 Å². The number of benzene rings is 3. The van der Waals surface area contributed by atoms with Crippen LogP contribution in [-0.2, 0) is 16.1 Å². The van der Waals surface area contributed by atoms with Gasteiger partial charge in [-0.15, -0.1) is 0 Å². The number of rotatable bonds is 5. The lowest BCUT2D eigenvalue weighted by Crippen LogP contribution is -2.45. The minimum atomic E-state index is -1.10. The van der Waals surface area contributed by atoms with Crippen LogP contribution in [0.2, 0.25) is 5.02 Å². The van der Waals surface area contributed by atoms with Crippen molar-refractivity contribution >= 4 is 35.0 Å². The lowest BCUT2D eigenvalue weighted by Gasteiger charge is -2.28. The molecule has 162 valence electrons. The third-order valence-corrected chi connectivity index (χ3v) is 5.60. The molecule has 0 spiro atoms. The van der Waals surface area contributed by atoms with Gasteiger partial charge in [-0.2, -0.15) is 0 Å². The summed E-state index contributed by atoms with van der Waals surface area (Å²) in [4.78, 5) is 41.5. The van der Waals surface area contributed by atoms with Gasteiger partial charge in [-0.25, -0.2) is 13.7 Å². The molecular weight excluding hydrogens is 438 g/mol. The van der Waals surface area contributed by atoms with Crippen LogP contribution in [0.4, 0.5) is 14.5 Å². The van der Waals surface area contributed by atoms with E-state index in [0.29, 0.717) is 10.6 Å². The van der Waals surface area contributed by atoms with Crippen LogP contribution in [0.25, 0.3) is 0 Å². The fourth-order valence-corrected chi connectivity index (χ4v) is 3.81. The van der Waals surface area contributed by atoms with E-state index < -0.39 is 35.4 Å². The summed E-state index contributed by atoms with van der Waals surface area (Å²) in [5, 5.41) is 0.400. The maximum absolute atomic E-state index is 13.4. The number of hydrogen-bond donors (Lipinski definition) is 0. The second-order valence-corrected chi connectivity index (χ2v) is 7.70. The molecule has 3 aromatic rings. The first-order valence-electron chi connectivity index (χ1n) is 9.77. The normalized spacial score (nSPS) is 15.8. The van der Waals surface area contributed by atoms with Crippen molar-refractivity contribution < 1.29 is 23.2 Å². The van der Waals surface area contributed by atoms with E-state index in [1.54, 1.807) is 24.3 Å². The molecule has 3 amide bonds. The minimum Gasteiger partial charge on any atom is -0.322 e. The average Bonchev–Trinajstić information content (AvgIpc) is 3.07. The molecule has 5 nitrogen and oxygen atoms in total. The number of hydrogen-bond acceptors (Lipinski definition) is 3. The Kier molecular flexibility index (Phi) is 6.01. The lowest BCUT2D eigenvalue weighted by molar-refractivity contribution is -0.122. The van der Waals surface area contributed by atoms with Crippen molar-refractivity contribution in [1.82, 2.24) is 4.90 Å². The average molecular weight is 455 g/mol. The Morgan fingerprint density at radius 3 is 2.16 bits per heavy atom. The van der Waals surface area contributed by atoms with Gasteiger partial charge in [0.05, 0.1) is 12.1 Å². The molecule has 0 aliphatic carbocycles. The standard InChI is InChI=1S/C24H17ClF2N2O3/c25-20-4-2-1-3-16(20)14-28(23(31)15-5-7-17(26)8-6-15)21-13-22(30)29(24(21)32)19-11-9-18(27)10-12-19/h1-12,21H,13-14H2. The molecule has 1 heterocycles. The van der Waals surface area contributed by atoms with Gasteiger partial charge in [-0.05, 0) is 60.2 Å². The van der Waals surface area contributed by atoms with Gasteiger partial charge in [0.15, 0.2) is 0 Å². The molecule has 0 bridgehead atoms. The molecule has 1 fully saturated rings. The predicted octanol–water partition coefficient (Wildman–Crippen LogP) is 4.59. The van der Waals surface area contributed by atoms with Crippen LogP contribution in [0.3, 0.4) is 0 Å². The Hall–Kier alpha value is -3.58. The third kappa shape index (κ3) is 4.24. The van der Waals surface area contributed by atoms with E-state index >= 15 is 0 Å². The fraction of sp³-hybridized carbons (Fsp3) is 0.125. The van der Waals surface area contributed by atoms with Crippen molar-refractivity contribution in [3.05, 3.63) is 101 Å². The zero-order chi connectivity index (χ0) is 22.8. The van der Waals surface area contributed by atoms with Crippen molar-refractivity contribution in [3.63, 3.8) is 0 Å². The molecule has 0 N–H and O–H groups in total. The second-order valence-electron chi connectivity index (χ2n) is 7.30. The Labute approximate surface area is 187 Å². The lowest BCUT2D eigenvalue weighted by atomic mass is 10.1. The SMILES string of the molecule is O=C1CC(N(Cc2ccccc2Cl)C(=O)c2ccc(F)cc2)C(=O)N1c1ccc(F)cc1. The van der Waals surface area contributed by atoms with Gasteiger partial charge in [0.25, 0.3) is 11.8 Å². The smallest absolute Gasteiger partial charge is 0.257 e. The Morgan fingerprint density at radius 1 is 0.938 bits per heavy atom. The molecule has 0 radical (unpaired) electrons. The molecule has 0 aromatic heterocycles. The first-order valence-corrected chi connectivity index (χ1v) is 10.2. The first kappa shape index (κ1) is 21.6. The molecule has 1 aliphatic rings. The molecule has 3 aromatic carbocycles. The number of carbonyl (C=O) groups is 3. The van der Waals surface area contributed by atoms with E-state index in [2.05, 4.69) is 0 Å². The third-order valence-electron chi connectivity index (χ3n) is 5.23. The molecule has 8 heteroatoms. The van der Waals surface area contributed by atoms with Gasteiger partial charge in [-0.1, -0.05) is 29.8 Å². The van der Waals surface area contributed by atoms with E-state index in [0.717, 1.165) is 29.2 Å². The van der Waals surface area contributed by atoms with Crippen LogP contribution in [0.5, 0.6) is 0 Å². The van der Waals surface area contributed by atoms with E-state index in [-0.39, 0.29) is 24.2 Å². The highest BCUT2D eigenvalue weighted by atomic mass is 35.5. The van der Waals surface area contributed by atoms with Crippen molar-refractivity contribution in [1.29, 1.82) is 0 Å². The summed E-state index contributed by atoms with van der Waals surface area (Å²) in [6.45, 7) is -0.0309. The van der Waals surface area contributed by atoms with Gasteiger partial charge in [0.1, 0.15) is 17.7 Å². The summed E-state index contributed by atoms with van der Waals surface area (Å²) in [5.74, 6) is -2.67. The number of imide groups is 1. The van der Waals surface area contributed by atoms with Gasteiger partial charge >= 0.3 is 0 Å².